The van der Waals surface area contributed by atoms with Gasteiger partial charge >= 0.3 is 6.18 Å². The predicted molar refractivity (Wildman–Crippen MR) is 54.9 cm³/mol. The maximum absolute atomic E-state index is 12.3. The molecule has 0 fully saturated rings. The number of alkyl halides is 3. The SMILES string of the molecule is Cc1ccc2c(c1)nc(N)n2CC(F)(F)F. The van der Waals surface area contributed by atoms with Gasteiger partial charge in [0.05, 0.1) is 11.0 Å². The Morgan fingerprint density at radius 1 is 1.38 bits per heavy atom. The van der Waals surface area contributed by atoms with Crippen LogP contribution in [0.25, 0.3) is 11.0 Å². The number of aromatic nitrogens is 2. The van der Waals surface area contributed by atoms with Crippen LogP contribution in [0.15, 0.2) is 18.2 Å². The highest BCUT2D eigenvalue weighted by molar-refractivity contribution is 5.79. The van der Waals surface area contributed by atoms with Gasteiger partial charge in [0.2, 0.25) is 5.95 Å². The third-order valence-electron chi connectivity index (χ3n) is 2.27. The lowest BCUT2D eigenvalue weighted by atomic mass is 10.2. The number of imidazole rings is 1. The van der Waals surface area contributed by atoms with Gasteiger partial charge in [0, 0.05) is 0 Å². The van der Waals surface area contributed by atoms with Crippen LogP contribution in [-0.4, -0.2) is 15.7 Å². The lowest BCUT2D eigenvalue weighted by Crippen LogP contribution is -2.19. The number of aryl methyl sites for hydroxylation is 1. The largest absolute Gasteiger partial charge is 0.406 e. The highest BCUT2D eigenvalue weighted by Gasteiger charge is 2.29. The van der Waals surface area contributed by atoms with Gasteiger partial charge in [-0.3, -0.25) is 0 Å². The number of rotatable bonds is 1. The van der Waals surface area contributed by atoms with Crippen LogP contribution in [0.5, 0.6) is 0 Å². The number of hydrogen-bond donors (Lipinski definition) is 1. The highest BCUT2D eigenvalue weighted by atomic mass is 19.4. The molecule has 0 aliphatic heterocycles. The number of nitrogens with zero attached hydrogens (tertiary/aromatic N) is 2. The van der Waals surface area contributed by atoms with E-state index < -0.39 is 12.7 Å². The zero-order valence-corrected chi connectivity index (χ0v) is 8.54. The summed E-state index contributed by atoms with van der Waals surface area (Å²) in [4.78, 5) is 3.90. The van der Waals surface area contributed by atoms with Crippen molar-refractivity contribution in [2.24, 2.45) is 0 Å². The average molecular weight is 229 g/mol. The van der Waals surface area contributed by atoms with Gasteiger partial charge in [0.15, 0.2) is 0 Å². The Morgan fingerprint density at radius 3 is 2.69 bits per heavy atom. The van der Waals surface area contributed by atoms with E-state index in [-0.39, 0.29) is 5.95 Å². The molecule has 1 aromatic carbocycles. The maximum atomic E-state index is 12.3. The van der Waals surface area contributed by atoms with Gasteiger partial charge in [-0.25, -0.2) is 4.98 Å². The van der Waals surface area contributed by atoms with Gasteiger partial charge in [-0.05, 0) is 24.6 Å². The van der Waals surface area contributed by atoms with Crippen LogP contribution in [0.3, 0.4) is 0 Å². The van der Waals surface area contributed by atoms with Crippen LogP contribution < -0.4 is 5.73 Å². The molecule has 0 atom stereocenters. The summed E-state index contributed by atoms with van der Waals surface area (Å²) >= 11 is 0. The number of anilines is 1. The van der Waals surface area contributed by atoms with Crippen LogP contribution >= 0.6 is 0 Å². The highest BCUT2D eigenvalue weighted by Crippen LogP contribution is 2.24. The summed E-state index contributed by atoms with van der Waals surface area (Å²) in [5, 5.41) is 0. The summed E-state index contributed by atoms with van der Waals surface area (Å²) in [5.41, 5.74) is 7.29. The number of benzene rings is 1. The summed E-state index contributed by atoms with van der Waals surface area (Å²) in [7, 11) is 0. The van der Waals surface area contributed by atoms with Crippen molar-refractivity contribution in [2.45, 2.75) is 19.6 Å². The third-order valence-corrected chi connectivity index (χ3v) is 2.27. The maximum Gasteiger partial charge on any atom is 0.406 e. The van der Waals surface area contributed by atoms with Crippen molar-refractivity contribution in [3.63, 3.8) is 0 Å². The number of fused-ring (bicyclic) bond motifs is 1. The fourth-order valence-electron chi connectivity index (χ4n) is 1.60. The Hall–Kier alpha value is -1.72. The molecule has 2 rings (SSSR count). The summed E-state index contributed by atoms with van der Waals surface area (Å²) in [6.45, 7) is 0.733. The minimum atomic E-state index is -4.30. The molecule has 3 nitrogen and oxygen atoms in total. The molecule has 2 aromatic rings. The molecule has 0 aliphatic rings. The molecular formula is C10H10F3N3. The van der Waals surface area contributed by atoms with Crippen LogP contribution in [-0.2, 0) is 6.54 Å². The molecule has 1 aromatic heterocycles. The fraction of sp³-hybridized carbons (Fsp3) is 0.300. The quantitative estimate of drug-likeness (QED) is 0.816. The number of nitrogen functional groups attached to an aromatic ring is 1. The molecule has 0 spiro atoms. The minimum absolute atomic E-state index is 0.113. The smallest absolute Gasteiger partial charge is 0.369 e. The lowest BCUT2D eigenvalue weighted by Gasteiger charge is -2.09. The zero-order chi connectivity index (χ0) is 11.9. The molecule has 2 N–H and O–H groups in total. The molecule has 0 amide bonds. The van der Waals surface area contributed by atoms with Crippen LogP contribution in [0.2, 0.25) is 0 Å². The topological polar surface area (TPSA) is 43.8 Å². The van der Waals surface area contributed by atoms with E-state index in [9.17, 15) is 13.2 Å². The Balaban J connectivity index is 2.56. The molecule has 0 aliphatic carbocycles. The van der Waals surface area contributed by atoms with E-state index in [1.54, 1.807) is 18.2 Å². The molecule has 1 heterocycles. The van der Waals surface area contributed by atoms with Gasteiger partial charge in [0.25, 0.3) is 0 Å². The van der Waals surface area contributed by atoms with Crippen molar-refractivity contribution in [2.75, 3.05) is 5.73 Å². The molecule has 0 saturated carbocycles. The van der Waals surface area contributed by atoms with Crippen molar-refractivity contribution in [3.8, 4) is 0 Å². The van der Waals surface area contributed by atoms with E-state index in [2.05, 4.69) is 4.98 Å². The van der Waals surface area contributed by atoms with Gasteiger partial charge in [0.1, 0.15) is 6.54 Å². The first-order valence-electron chi connectivity index (χ1n) is 4.66. The normalized spacial score (nSPS) is 12.2. The van der Waals surface area contributed by atoms with Crippen molar-refractivity contribution in [1.29, 1.82) is 0 Å². The first-order chi connectivity index (χ1) is 7.37. The van der Waals surface area contributed by atoms with Crippen molar-refractivity contribution < 1.29 is 13.2 Å². The Morgan fingerprint density at radius 2 is 2.06 bits per heavy atom. The first kappa shape index (κ1) is 10.8. The van der Waals surface area contributed by atoms with Crippen LogP contribution in [0.4, 0.5) is 19.1 Å². The van der Waals surface area contributed by atoms with Crippen LogP contribution in [0.1, 0.15) is 5.56 Å². The average Bonchev–Trinajstić information content (AvgIpc) is 2.40. The number of hydrogen-bond acceptors (Lipinski definition) is 2. The molecule has 86 valence electrons. The van der Waals surface area contributed by atoms with Crippen molar-refractivity contribution in [3.05, 3.63) is 23.8 Å². The Labute approximate surface area is 89.7 Å². The zero-order valence-electron chi connectivity index (χ0n) is 8.54. The van der Waals surface area contributed by atoms with Crippen LogP contribution in [0, 0.1) is 6.92 Å². The van der Waals surface area contributed by atoms with Gasteiger partial charge in [-0.1, -0.05) is 6.07 Å². The van der Waals surface area contributed by atoms with Crippen molar-refractivity contribution >= 4 is 17.0 Å². The van der Waals surface area contributed by atoms with Gasteiger partial charge in [-0.2, -0.15) is 13.2 Å². The van der Waals surface area contributed by atoms with Crippen molar-refractivity contribution in [1.82, 2.24) is 9.55 Å². The lowest BCUT2D eigenvalue weighted by molar-refractivity contribution is -0.139. The molecule has 0 unspecified atom stereocenters. The van der Waals surface area contributed by atoms with E-state index >= 15 is 0 Å². The van der Waals surface area contributed by atoms with E-state index in [0.717, 1.165) is 10.1 Å². The van der Waals surface area contributed by atoms with Gasteiger partial charge < -0.3 is 10.3 Å². The minimum Gasteiger partial charge on any atom is -0.369 e. The monoisotopic (exact) mass is 229 g/mol. The Kier molecular flexibility index (Phi) is 2.29. The first-order valence-corrected chi connectivity index (χ1v) is 4.66. The molecule has 0 bridgehead atoms. The molecule has 0 radical (unpaired) electrons. The van der Waals surface area contributed by atoms with E-state index in [4.69, 9.17) is 5.73 Å². The number of halogens is 3. The second-order valence-electron chi connectivity index (χ2n) is 3.66. The van der Waals surface area contributed by atoms with E-state index in [1.165, 1.54) is 0 Å². The third kappa shape index (κ3) is 1.95. The molecular weight excluding hydrogens is 219 g/mol. The van der Waals surface area contributed by atoms with E-state index in [1.807, 2.05) is 6.92 Å². The molecule has 0 saturated heterocycles. The molecule has 6 heteroatoms. The fourth-order valence-corrected chi connectivity index (χ4v) is 1.60. The number of nitrogens with two attached hydrogens (primary N) is 1. The summed E-state index contributed by atoms with van der Waals surface area (Å²) in [5.74, 6) is -0.113. The Bertz CT molecular complexity index is 528. The molecule has 16 heavy (non-hydrogen) atoms. The van der Waals surface area contributed by atoms with E-state index in [0.29, 0.717) is 11.0 Å². The standard InChI is InChI=1S/C10H10F3N3/c1-6-2-3-8-7(4-6)15-9(14)16(8)5-10(11,12)13/h2-4H,5H2,1H3,(H2,14,15). The second kappa shape index (κ2) is 3.40. The summed E-state index contributed by atoms with van der Waals surface area (Å²) in [6.07, 6.45) is -4.30. The summed E-state index contributed by atoms with van der Waals surface area (Å²) in [6, 6.07) is 5.04. The predicted octanol–water partition coefficient (Wildman–Crippen LogP) is 2.49. The van der Waals surface area contributed by atoms with Gasteiger partial charge in [-0.15, -0.1) is 0 Å². The second-order valence-corrected chi connectivity index (χ2v) is 3.66. The summed E-state index contributed by atoms with van der Waals surface area (Å²) < 4.78 is 37.9.